The van der Waals surface area contributed by atoms with Crippen LogP contribution in [0.5, 0.6) is 0 Å². The summed E-state index contributed by atoms with van der Waals surface area (Å²) < 4.78 is 5.05. The molecule has 0 radical (unpaired) electrons. The van der Waals surface area contributed by atoms with E-state index in [1.165, 1.54) is 6.92 Å². The van der Waals surface area contributed by atoms with Crippen molar-refractivity contribution in [2.45, 2.75) is 20.5 Å². The third-order valence-corrected chi connectivity index (χ3v) is 3.13. The highest BCUT2D eigenvalue weighted by Gasteiger charge is 2.26. The van der Waals surface area contributed by atoms with Crippen LogP contribution in [0.15, 0.2) is 24.3 Å². The van der Waals surface area contributed by atoms with Crippen LogP contribution in [0.3, 0.4) is 0 Å². The Bertz CT molecular complexity index is 459. The lowest BCUT2D eigenvalue weighted by Crippen LogP contribution is -2.30. The molecule has 0 aliphatic carbocycles. The summed E-state index contributed by atoms with van der Waals surface area (Å²) in [6.45, 7) is 3.51. The fourth-order valence-corrected chi connectivity index (χ4v) is 1.61. The number of carboxylic acid groups (broad SMARTS) is 1. The van der Waals surface area contributed by atoms with Crippen LogP contribution in [0.2, 0.25) is 0 Å². The van der Waals surface area contributed by atoms with E-state index in [1.807, 2.05) is 12.1 Å². The maximum Gasteiger partial charge on any atom is 0.307 e. The van der Waals surface area contributed by atoms with Gasteiger partial charge < -0.3 is 15.2 Å². The number of aliphatic carboxylic acids is 1. The first-order valence-corrected chi connectivity index (χ1v) is 6.08. The van der Waals surface area contributed by atoms with E-state index in [4.69, 9.17) is 9.84 Å². The number of carbonyl (C=O) groups is 2. The molecule has 104 valence electrons. The second-order valence-corrected chi connectivity index (χ2v) is 4.49. The molecule has 0 aliphatic rings. The topological polar surface area (TPSA) is 75.6 Å². The van der Waals surface area contributed by atoms with Gasteiger partial charge >= 0.3 is 5.97 Å². The Hall–Kier alpha value is -1.88. The number of para-hydroxylation sites is 1. The van der Waals surface area contributed by atoms with Gasteiger partial charge in [0.15, 0.2) is 0 Å². The number of nitrogens with one attached hydrogen (secondary N) is 1. The molecule has 1 aromatic carbocycles. The summed E-state index contributed by atoms with van der Waals surface area (Å²) in [7, 11) is 1.58. The van der Waals surface area contributed by atoms with Crippen molar-refractivity contribution in [2.24, 2.45) is 11.8 Å². The van der Waals surface area contributed by atoms with Crippen LogP contribution in [0.1, 0.15) is 19.4 Å². The minimum Gasteiger partial charge on any atom is -0.481 e. The van der Waals surface area contributed by atoms with E-state index in [2.05, 4.69) is 5.32 Å². The van der Waals surface area contributed by atoms with Crippen molar-refractivity contribution in [1.29, 1.82) is 0 Å². The van der Waals surface area contributed by atoms with Crippen LogP contribution in [-0.2, 0) is 20.9 Å². The molecule has 2 unspecified atom stereocenters. The Kier molecular flexibility index (Phi) is 5.51. The molecule has 19 heavy (non-hydrogen) atoms. The van der Waals surface area contributed by atoms with E-state index in [0.717, 1.165) is 5.56 Å². The number of rotatable bonds is 6. The second kappa shape index (κ2) is 6.89. The largest absolute Gasteiger partial charge is 0.481 e. The Morgan fingerprint density at radius 2 is 1.89 bits per heavy atom. The summed E-state index contributed by atoms with van der Waals surface area (Å²) >= 11 is 0. The predicted octanol–water partition coefficient (Wildman–Crippen LogP) is 2.13. The number of anilines is 1. The molecule has 1 rings (SSSR count). The van der Waals surface area contributed by atoms with Crippen molar-refractivity contribution in [3.05, 3.63) is 29.8 Å². The summed E-state index contributed by atoms with van der Waals surface area (Å²) in [5.41, 5.74) is 1.51. The zero-order valence-electron chi connectivity index (χ0n) is 11.3. The van der Waals surface area contributed by atoms with Gasteiger partial charge in [-0.3, -0.25) is 9.59 Å². The summed E-state index contributed by atoms with van der Waals surface area (Å²) in [4.78, 5) is 22.9. The van der Waals surface area contributed by atoms with Gasteiger partial charge in [-0.15, -0.1) is 0 Å². The van der Waals surface area contributed by atoms with Crippen molar-refractivity contribution >= 4 is 17.6 Å². The van der Waals surface area contributed by atoms with Gasteiger partial charge in [0, 0.05) is 24.3 Å². The molecule has 0 aliphatic heterocycles. The van der Waals surface area contributed by atoms with Gasteiger partial charge in [0.1, 0.15) is 0 Å². The lowest BCUT2D eigenvalue weighted by Gasteiger charge is -2.17. The molecule has 2 atom stereocenters. The van der Waals surface area contributed by atoms with Crippen molar-refractivity contribution < 1.29 is 19.4 Å². The molecule has 1 amide bonds. The van der Waals surface area contributed by atoms with Gasteiger partial charge in [0.25, 0.3) is 0 Å². The fraction of sp³-hybridized carbons (Fsp3) is 0.429. The molecule has 0 spiro atoms. The molecule has 5 nitrogen and oxygen atoms in total. The van der Waals surface area contributed by atoms with E-state index < -0.39 is 17.8 Å². The Labute approximate surface area is 112 Å². The van der Waals surface area contributed by atoms with Gasteiger partial charge in [-0.25, -0.2) is 0 Å². The van der Waals surface area contributed by atoms with Gasteiger partial charge in [-0.2, -0.15) is 0 Å². The summed E-state index contributed by atoms with van der Waals surface area (Å²) in [5.74, 6) is -2.62. The molecule has 0 saturated carbocycles. The van der Waals surface area contributed by atoms with Crippen LogP contribution in [-0.4, -0.2) is 24.1 Å². The van der Waals surface area contributed by atoms with Crippen molar-refractivity contribution in [3.63, 3.8) is 0 Å². The highest BCUT2D eigenvalue weighted by molar-refractivity contribution is 5.95. The smallest absolute Gasteiger partial charge is 0.307 e. The maximum absolute atomic E-state index is 12.0. The minimum atomic E-state index is -0.979. The van der Waals surface area contributed by atoms with E-state index in [0.29, 0.717) is 12.3 Å². The highest BCUT2D eigenvalue weighted by atomic mass is 16.5. The van der Waals surface area contributed by atoms with E-state index >= 15 is 0 Å². The molecular weight excluding hydrogens is 246 g/mol. The number of hydrogen-bond donors (Lipinski definition) is 2. The first kappa shape index (κ1) is 15.2. The standard InChI is InChI=1S/C14H19NO4/c1-9(10(2)14(17)18)13(16)15-12-7-5-4-6-11(12)8-19-3/h4-7,9-10H,8H2,1-3H3,(H,15,16)(H,17,18). The Morgan fingerprint density at radius 3 is 2.47 bits per heavy atom. The van der Waals surface area contributed by atoms with E-state index in [1.54, 1.807) is 26.2 Å². The highest BCUT2D eigenvalue weighted by Crippen LogP contribution is 2.19. The zero-order valence-corrected chi connectivity index (χ0v) is 11.3. The van der Waals surface area contributed by atoms with Gasteiger partial charge in [-0.1, -0.05) is 32.0 Å². The number of methoxy groups -OCH3 is 1. The molecule has 0 aromatic heterocycles. The molecule has 1 aromatic rings. The number of carboxylic acids is 1. The number of hydrogen-bond acceptors (Lipinski definition) is 3. The average molecular weight is 265 g/mol. The van der Waals surface area contributed by atoms with Crippen LogP contribution in [0.4, 0.5) is 5.69 Å². The SMILES string of the molecule is COCc1ccccc1NC(=O)C(C)C(C)C(=O)O. The average Bonchev–Trinajstić information content (AvgIpc) is 2.39. The summed E-state index contributed by atoms with van der Waals surface area (Å²) in [6, 6.07) is 7.28. The molecule has 0 bridgehead atoms. The molecule has 2 N–H and O–H groups in total. The van der Waals surface area contributed by atoms with Gasteiger partial charge in [0.2, 0.25) is 5.91 Å². The molecule has 5 heteroatoms. The van der Waals surface area contributed by atoms with E-state index in [9.17, 15) is 9.59 Å². The fourth-order valence-electron chi connectivity index (χ4n) is 1.61. The quantitative estimate of drug-likeness (QED) is 0.826. The first-order valence-electron chi connectivity index (χ1n) is 6.08. The zero-order chi connectivity index (χ0) is 14.4. The lowest BCUT2D eigenvalue weighted by molar-refractivity contribution is -0.145. The maximum atomic E-state index is 12.0. The molecular formula is C14H19NO4. The number of benzene rings is 1. The van der Waals surface area contributed by atoms with Crippen LogP contribution >= 0.6 is 0 Å². The summed E-state index contributed by atoms with van der Waals surface area (Å²) in [6.07, 6.45) is 0. The monoisotopic (exact) mass is 265 g/mol. The lowest BCUT2D eigenvalue weighted by atomic mass is 9.95. The third-order valence-electron chi connectivity index (χ3n) is 3.13. The third kappa shape index (κ3) is 4.06. The predicted molar refractivity (Wildman–Crippen MR) is 71.7 cm³/mol. The van der Waals surface area contributed by atoms with Crippen molar-refractivity contribution in [1.82, 2.24) is 0 Å². The van der Waals surface area contributed by atoms with E-state index in [-0.39, 0.29) is 5.91 Å². The van der Waals surface area contributed by atoms with Crippen LogP contribution in [0, 0.1) is 11.8 Å². The normalized spacial score (nSPS) is 13.6. The van der Waals surface area contributed by atoms with Crippen molar-refractivity contribution in [2.75, 3.05) is 12.4 Å². The van der Waals surface area contributed by atoms with Crippen LogP contribution in [0.25, 0.3) is 0 Å². The number of carbonyl (C=O) groups excluding carboxylic acids is 1. The summed E-state index contributed by atoms with van der Waals surface area (Å²) in [5, 5.41) is 11.7. The Morgan fingerprint density at radius 1 is 1.26 bits per heavy atom. The van der Waals surface area contributed by atoms with Crippen LogP contribution < -0.4 is 5.32 Å². The minimum absolute atomic E-state index is 0.307. The van der Waals surface area contributed by atoms with Crippen molar-refractivity contribution in [3.8, 4) is 0 Å². The molecule has 0 saturated heterocycles. The number of ether oxygens (including phenoxy) is 1. The Balaban J connectivity index is 2.79. The molecule has 0 heterocycles. The van der Waals surface area contributed by atoms with Gasteiger partial charge in [0.05, 0.1) is 12.5 Å². The number of amides is 1. The van der Waals surface area contributed by atoms with Gasteiger partial charge in [-0.05, 0) is 6.07 Å². The second-order valence-electron chi connectivity index (χ2n) is 4.49. The first-order chi connectivity index (χ1) is 8.97. The molecule has 0 fully saturated rings.